The summed E-state index contributed by atoms with van der Waals surface area (Å²) in [4.78, 5) is 2.78. The molecule has 2 heteroatoms. The van der Waals surface area contributed by atoms with Gasteiger partial charge in [-0.15, -0.1) is 22.9 Å². The molecule has 0 saturated heterocycles. The zero-order valence-electron chi connectivity index (χ0n) is 9.22. The fourth-order valence-corrected chi connectivity index (χ4v) is 2.67. The zero-order chi connectivity index (χ0) is 10.6. The Bertz CT molecular complexity index is 265. The third-order valence-corrected chi connectivity index (χ3v) is 4.26. The van der Waals surface area contributed by atoms with Gasteiger partial charge in [-0.25, -0.2) is 0 Å². The lowest BCUT2D eigenvalue weighted by Gasteiger charge is -2.08. The van der Waals surface area contributed by atoms with Gasteiger partial charge in [0.05, 0.1) is 5.38 Å². The number of thiophene rings is 1. The van der Waals surface area contributed by atoms with Gasteiger partial charge in [0, 0.05) is 9.75 Å². The third kappa shape index (κ3) is 3.62. The Morgan fingerprint density at radius 1 is 1.29 bits per heavy atom. The number of alkyl halides is 1. The number of aryl methyl sites for hydroxylation is 1. The van der Waals surface area contributed by atoms with Crippen LogP contribution in [0.25, 0.3) is 0 Å². The third-order valence-electron chi connectivity index (χ3n) is 2.34. The first-order valence-electron chi connectivity index (χ1n) is 5.36. The van der Waals surface area contributed by atoms with E-state index in [4.69, 9.17) is 11.6 Å². The maximum Gasteiger partial charge on any atom is 0.0678 e. The molecule has 1 unspecified atom stereocenters. The molecule has 0 aliphatic rings. The lowest BCUT2D eigenvalue weighted by atomic mass is 10.1. The summed E-state index contributed by atoms with van der Waals surface area (Å²) in [5.74, 6) is 0.752. The molecule has 0 aliphatic carbocycles. The predicted octanol–water partition coefficient (Wildman–Crippen LogP) is 5.03. The van der Waals surface area contributed by atoms with E-state index >= 15 is 0 Å². The minimum atomic E-state index is 0.225. The molecule has 0 aromatic carbocycles. The van der Waals surface area contributed by atoms with Gasteiger partial charge in [0.25, 0.3) is 0 Å². The van der Waals surface area contributed by atoms with Crippen molar-refractivity contribution in [3.05, 3.63) is 21.9 Å². The van der Waals surface area contributed by atoms with Crippen molar-refractivity contribution in [3.8, 4) is 0 Å². The summed E-state index contributed by atoms with van der Waals surface area (Å²) in [7, 11) is 0. The molecule has 80 valence electrons. The Balaban J connectivity index is 2.47. The highest BCUT2D eigenvalue weighted by molar-refractivity contribution is 7.12. The van der Waals surface area contributed by atoms with Crippen molar-refractivity contribution >= 4 is 22.9 Å². The molecule has 0 fully saturated rings. The molecule has 0 aliphatic heterocycles. The van der Waals surface area contributed by atoms with Gasteiger partial charge in [-0.2, -0.15) is 0 Å². The van der Waals surface area contributed by atoms with Crippen LogP contribution in [0, 0.1) is 5.92 Å². The minimum Gasteiger partial charge on any atom is -0.144 e. The van der Waals surface area contributed by atoms with Gasteiger partial charge in [0.1, 0.15) is 0 Å². The fraction of sp³-hybridized carbons (Fsp3) is 0.667. The van der Waals surface area contributed by atoms with E-state index in [0.29, 0.717) is 0 Å². The number of halogens is 1. The van der Waals surface area contributed by atoms with Crippen molar-refractivity contribution in [1.29, 1.82) is 0 Å². The summed E-state index contributed by atoms with van der Waals surface area (Å²) in [5, 5.41) is 0.225. The van der Waals surface area contributed by atoms with Crippen LogP contribution in [-0.2, 0) is 6.42 Å². The van der Waals surface area contributed by atoms with Gasteiger partial charge in [-0.1, -0.05) is 20.8 Å². The lowest BCUT2D eigenvalue weighted by molar-refractivity contribution is 0.551. The molecular weight excluding hydrogens is 212 g/mol. The minimum absolute atomic E-state index is 0.225. The van der Waals surface area contributed by atoms with Crippen molar-refractivity contribution in [2.24, 2.45) is 5.92 Å². The van der Waals surface area contributed by atoms with Crippen LogP contribution in [0.3, 0.4) is 0 Å². The van der Waals surface area contributed by atoms with Crippen molar-refractivity contribution in [3.63, 3.8) is 0 Å². The monoisotopic (exact) mass is 230 g/mol. The lowest BCUT2D eigenvalue weighted by Crippen LogP contribution is -1.92. The van der Waals surface area contributed by atoms with Gasteiger partial charge in [-0.3, -0.25) is 0 Å². The van der Waals surface area contributed by atoms with E-state index in [1.165, 1.54) is 16.2 Å². The van der Waals surface area contributed by atoms with Gasteiger partial charge < -0.3 is 0 Å². The number of hydrogen-bond acceptors (Lipinski definition) is 1. The first kappa shape index (κ1) is 12.1. The summed E-state index contributed by atoms with van der Waals surface area (Å²) in [6.07, 6.45) is 3.44. The Hall–Kier alpha value is -0.0100. The smallest absolute Gasteiger partial charge is 0.0678 e. The summed E-state index contributed by atoms with van der Waals surface area (Å²) in [5.41, 5.74) is 0. The van der Waals surface area contributed by atoms with Crippen LogP contribution in [0.4, 0.5) is 0 Å². The fourth-order valence-electron chi connectivity index (χ4n) is 1.37. The van der Waals surface area contributed by atoms with E-state index in [1.54, 1.807) is 0 Å². The second-order valence-electron chi connectivity index (χ2n) is 4.10. The van der Waals surface area contributed by atoms with Crippen LogP contribution in [0.2, 0.25) is 0 Å². The molecule has 1 aromatic rings. The first-order valence-corrected chi connectivity index (χ1v) is 6.61. The van der Waals surface area contributed by atoms with Crippen molar-refractivity contribution in [1.82, 2.24) is 0 Å². The molecule has 1 heterocycles. The van der Waals surface area contributed by atoms with Gasteiger partial charge in [-0.05, 0) is 37.3 Å². The number of rotatable bonds is 5. The highest BCUT2D eigenvalue weighted by atomic mass is 35.5. The van der Waals surface area contributed by atoms with Crippen LogP contribution in [-0.4, -0.2) is 0 Å². The SMILES string of the molecule is CCc1ccc(C(Cl)CCC(C)C)s1. The van der Waals surface area contributed by atoms with Crippen LogP contribution < -0.4 is 0 Å². The molecule has 0 saturated carbocycles. The average Bonchev–Trinajstić information content (AvgIpc) is 2.62. The molecule has 0 nitrogen and oxygen atoms in total. The van der Waals surface area contributed by atoms with E-state index < -0.39 is 0 Å². The second-order valence-corrected chi connectivity index (χ2v) is 5.82. The molecule has 0 spiro atoms. The van der Waals surface area contributed by atoms with Crippen molar-refractivity contribution in [2.75, 3.05) is 0 Å². The Morgan fingerprint density at radius 2 is 2.00 bits per heavy atom. The highest BCUT2D eigenvalue weighted by Gasteiger charge is 2.10. The Morgan fingerprint density at radius 3 is 2.50 bits per heavy atom. The van der Waals surface area contributed by atoms with Crippen molar-refractivity contribution < 1.29 is 0 Å². The highest BCUT2D eigenvalue weighted by Crippen LogP contribution is 2.32. The zero-order valence-corrected chi connectivity index (χ0v) is 10.8. The van der Waals surface area contributed by atoms with Crippen LogP contribution in [0.1, 0.15) is 48.7 Å². The van der Waals surface area contributed by atoms with Crippen molar-refractivity contribution in [2.45, 2.75) is 45.4 Å². The molecule has 1 aromatic heterocycles. The summed E-state index contributed by atoms with van der Waals surface area (Å²) in [6, 6.07) is 4.38. The van der Waals surface area contributed by atoms with E-state index in [1.807, 2.05) is 11.3 Å². The normalized spacial score (nSPS) is 13.5. The molecule has 0 radical (unpaired) electrons. The van der Waals surface area contributed by atoms with Gasteiger partial charge >= 0.3 is 0 Å². The Labute approximate surface area is 96.3 Å². The van der Waals surface area contributed by atoms with Gasteiger partial charge in [0.15, 0.2) is 0 Å². The van der Waals surface area contributed by atoms with E-state index in [-0.39, 0.29) is 5.38 Å². The summed E-state index contributed by atoms with van der Waals surface area (Å²) < 4.78 is 0. The van der Waals surface area contributed by atoms with E-state index in [9.17, 15) is 0 Å². The van der Waals surface area contributed by atoms with Crippen LogP contribution in [0.15, 0.2) is 12.1 Å². The second kappa shape index (κ2) is 5.77. The first-order chi connectivity index (χ1) is 6.63. The van der Waals surface area contributed by atoms with E-state index in [0.717, 1.165) is 18.8 Å². The Kier molecular flexibility index (Phi) is 4.97. The molecule has 0 amide bonds. The molecule has 1 atom stereocenters. The molecule has 1 rings (SSSR count). The maximum atomic E-state index is 6.33. The van der Waals surface area contributed by atoms with E-state index in [2.05, 4.69) is 32.9 Å². The van der Waals surface area contributed by atoms with Crippen LogP contribution in [0.5, 0.6) is 0 Å². The summed E-state index contributed by atoms with van der Waals surface area (Å²) >= 11 is 8.19. The topological polar surface area (TPSA) is 0 Å². The molecule has 14 heavy (non-hydrogen) atoms. The average molecular weight is 231 g/mol. The molecule has 0 bridgehead atoms. The standard InChI is InChI=1S/C12H19ClS/c1-4-10-6-8-12(14-10)11(13)7-5-9(2)3/h6,8-9,11H,4-5,7H2,1-3H3. The number of hydrogen-bond donors (Lipinski definition) is 0. The van der Waals surface area contributed by atoms with Gasteiger partial charge in [0.2, 0.25) is 0 Å². The van der Waals surface area contributed by atoms with Crippen LogP contribution >= 0.6 is 22.9 Å². The molecule has 0 N–H and O–H groups in total. The largest absolute Gasteiger partial charge is 0.144 e. The maximum absolute atomic E-state index is 6.33. The summed E-state index contributed by atoms with van der Waals surface area (Å²) in [6.45, 7) is 6.68. The quantitative estimate of drug-likeness (QED) is 0.623. The predicted molar refractivity (Wildman–Crippen MR) is 66.4 cm³/mol. The molecular formula is C12H19ClS.